The molecule has 2 N–H and O–H groups in total. The van der Waals surface area contributed by atoms with Crippen LogP contribution in [0, 0.1) is 5.92 Å². The van der Waals surface area contributed by atoms with Crippen LogP contribution in [0.4, 0.5) is 10.8 Å². The van der Waals surface area contributed by atoms with Crippen LogP contribution in [0.25, 0.3) is 0 Å². The molecule has 0 aliphatic carbocycles. The second kappa shape index (κ2) is 8.84. The fourth-order valence-electron chi connectivity index (χ4n) is 2.05. The van der Waals surface area contributed by atoms with Crippen LogP contribution in [0.2, 0.25) is 5.02 Å². The molecule has 0 radical (unpaired) electrons. The van der Waals surface area contributed by atoms with Gasteiger partial charge in [0.25, 0.3) is 0 Å². The summed E-state index contributed by atoms with van der Waals surface area (Å²) in [5, 5.41) is 7.19. The number of amides is 1. The van der Waals surface area contributed by atoms with Crippen LogP contribution in [0.1, 0.15) is 26.1 Å². The predicted octanol–water partition coefficient (Wildman–Crippen LogP) is 3.84. The first kappa shape index (κ1) is 18.5. The molecular formula is C16H21ClN4O2S. The largest absolute Gasteiger partial charge is 0.495 e. The van der Waals surface area contributed by atoms with Crippen LogP contribution in [0.3, 0.4) is 0 Å². The van der Waals surface area contributed by atoms with Crippen molar-refractivity contribution in [1.82, 2.24) is 9.36 Å². The molecule has 0 bridgehead atoms. The molecule has 1 aromatic carbocycles. The Bertz CT molecular complexity index is 690. The van der Waals surface area contributed by atoms with Gasteiger partial charge in [-0.3, -0.25) is 4.79 Å². The molecule has 0 fully saturated rings. The zero-order valence-electron chi connectivity index (χ0n) is 13.9. The number of hydrogen-bond donors (Lipinski definition) is 2. The highest BCUT2D eigenvalue weighted by Crippen LogP contribution is 2.27. The second-order valence-electron chi connectivity index (χ2n) is 5.68. The molecule has 0 aliphatic rings. The zero-order valence-corrected chi connectivity index (χ0v) is 15.5. The molecule has 0 aliphatic heterocycles. The lowest BCUT2D eigenvalue weighted by molar-refractivity contribution is -0.115. The molecule has 0 unspecified atom stereocenters. The molecular weight excluding hydrogens is 348 g/mol. The third-order valence-electron chi connectivity index (χ3n) is 3.12. The minimum absolute atomic E-state index is 0.130. The van der Waals surface area contributed by atoms with Crippen molar-refractivity contribution in [2.24, 2.45) is 5.92 Å². The molecule has 1 amide bonds. The van der Waals surface area contributed by atoms with Gasteiger partial charge in [-0.25, -0.2) is 4.98 Å². The Labute approximate surface area is 150 Å². The fraction of sp³-hybridized carbons (Fsp3) is 0.438. The van der Waals surface area contributed by atoms with Crippen LogP contribution in [-0.4, -0.2) is 28.9 Å². The summed E-state index contributed by atoms with van der Waals surface area (Å²) < 4.78 is 9.49. The molecule has 24 heavy (non-hydrogen) atoms. The predicted molar refractivity (Wildman–Crippen MR) is 98.2 cm³/mol. The molecule has 0 atom stereocenters. The molecule has 8 heteroatoms. The standard InChI is InChI=1S/C16H21ClN4O2S/c1-10(2)8-14-20-16(24-21-14)18-7-6-15(22)19-12-9-11(17)4-5-13(12)23-3/h4-5,9-10H,6-8H2,1-3H3,(H,19,22)(H,18,20,21). The van der Waals surface area contributed by atoms with Crippen molar-refractivity contribution in [3.8, 4) is 5.75 Å². The van der Waals surface area contributed by atoms with Crippen molar-refractivity contribution in [2.75, 3.05) is 24.3 Å². The van der Waals surface area contributed by atoms with Crippen molar-refractivity contribution in [1.29, 1.82) is 0 Å². The molecule has 2 aromatic rings. The van der Waals surface area contributed by atoms with Crippen molar-refractivity contribution < 1.29 is 9.53 Å². The number of nitrogens with one attached hydrogen (secondary N) is 2. The van der Waals surface area contributed by atoms with Gasteiger partial charge in [-0.15, -0.1) is 0 Å². The van der Waals surface area contributed by atoms with Crippen molar-refractivity contribution in [2.45, 2.75) is 26.7 Å². The van der Waals surface area contributed by atoms with E-state index in [1.807, 2.05) is 0 Å². The van der Waals surface area contributed by atoms with Crippen molar-refractivity contribution in [3.63, 3.8) is 0 Å². The highest BCUT2D eigenvalue weighted by Gasteiger charge is 2.09. The normalized spacial score (nSPS) is 10.7. The summed E-state index contributed by atoms with van der Waals surface area (Å²) in [6.45, 7) is 4.73. The van der Waals surface area contributed by atoms with E-state index >= 15 is 0 Å². The van der Waals surface area contributed by atoms with Crippen LogP contribution in [0.5, 0.6) is 5.75 Å². The summed E-state index contributed by atoms with van der Waals surface area (Å²) in [6.07, 6.45) is 1.15. The molecule has 2 rings (SSSR count). The average Bonchev–Trinajstić information content (AvgIpc) is 2.94. The minimum Gasteiger partial charge on any atom is -0.495 e. The quantitative estimate of drug-likeness (QED) is 0.740. The molecule has 1 aromatic heterocycles. The summed E-state index contributed by atoms with van der Waals surface area (Å²) in [5.74, 6) is 1.80. The highest BCUT2D eigenvalue weighted by molar-refractivity contribution is 7.09. The monoisotopic (exact) mass is 368 g/mol. The second-order valence-corrected chi connectivity index (χ2v) is 6.87. The fourth-order valence-corrected chi connectivity index (χ4v) is 2.84. The SMILES string of the molecule is COc1ccc(Cl)cc1NC(=O)CCNc1nc(CC(C)C)ns1. The maximum absolute atomic E-state index is 12.1. The van der Waals surface area contributed by atoms with E-state index in [4.69, 9.17) is 16.3 Å². The van der Waals surface area contributed by atoms with E-state index < -0.39 is 0 Å². The number of nitrogens with zero attached hydrogens (tertiary/aromatic N) is 2. The van der Waals surface area contributed by atoms with Crippen LogP contribution >= 0.6 is 23.1 Å². The first-order valence-electron chi connectivity index (χ1n) is 7.67. The lowest BCUT2D eigenvalue weighted by atomic mass is 10.1. The first-order chi connectivity index (χ1) is 11.5. The summed E-state index contributed by atoms with van der Waals surface area (Å²) in [5.41, 5.74) is 0.560. The van der Waals surface area contributed by atoms with Gasteiger partial charge < -0.3 is 15.4 Å². The lowest BCUT2D eigenvalue weighted by Gasteiger charge is -2.10. The van der Waals surface area contributed by atoms with Gasteiger partial charge in [0.1, 0.15) is 11.6 Å². The first-order valence-corrected chi connectivity index (χ1v) is 8.83. The maximum Gasteiger partial charge on any atom is 0.226 e. The Morgan fingerprint density at radius 3 is 2.92 bits per heavy atom. The Morgan fingerprint density at radius 2 is 2.21 bits per heavy atom. The van der Waals surface area contributed by atoms with Gasteiger partial charge in [0.05, 0.1) is 12.8 Å². The van der Waals surface area contributed by atoms with Gasteiger partial charge in [-0.05, 0) is 24.1 Å². The van der Waals surface area contributed by atoms with Gasteiger partial charge in [0.2, 0.25) is 11.0 Å². The molecule has 0 saturated heterocycles. The molecule has 6 nitrogen and oxygen atoms in total. The van der Waals surface area contributed by atoms with Gasteiger partial charge >= 0.3 is 0 Å². The van der Waals surface area contributed by atoms with Gasteiger partial charge in [-0.2, -0.15) is 4.37 Å². The van der Waals surface area contributed by atoms with Gasteiger partial charge in [-0.1, -0.05) is 25.4 Å². The number of aromatic nitrogens is 2. The molecule has 0 spiro atoms. The third-order valence-corrected chi connectivity index (χ3v) is 4.07. The van der Waals surface area contributed by atoms with Crippen molar-refractivity contribution in [3.05, 3.63) is 29.0 Å². The van der Waals surface area contributed by atoms with Gasteiger partial charge in [0, 0.05) is 35.9 Å². The average molecular weight is 369 g/mol. The van der Waals surface area contributed by atoms with E-state index in [1.54, 1.807) is 25.3 Å². The van der Waals surface area contributed by atoms with Crippen molar-refractivity contribution >= 4 is 39.9 Å². The summed E-state index contributed by atoms with van der Waals surface area (Å²) in [7, 11) is 1.55. The number of carbonyl (C=O) groups is 1. The smallest absolute Gasteiger partial charge is 0.226 e. The molecule has 130 valence electrons. The number of anilines is 2. The van der Waals surface area contributed by atoms with E-state index in [-0.39, 0.29) is 5.91 Å². The Kier molecular flexibility index (Phi) is 6.81. The Morgan fingerprint density at radius 1 is 1.42 bits per heavy atom. The van der Waals surface area contributed by atoms with E-state index in [0.717, 1.165) is 17.4 Å². The van der Waals surface area contributed by atoms with E-state index in [1.165, 1.54) is 11.5 Å². The number of benzene rings is 1. The van der Waals surface area contributed by atoms with Gasteiger partial charge in [0.15, 0.2) is 0 Å². The number of halogens is 1. The number of rotatable bonds is 8. The molecule has 0 saturated carbocycles. The van der Waals surface area contributed by atoms with Crippen LogP contribution in [0.15, 0.2) is 18.2 Å². The number of methoxy groups -OCH3 is 1. The van der Waals surface area contributed by atoms with E-state index in [9.17, 15) is 4.79 Å². The minimum atomic E-state index is -0.130. The highest BCUT2D eigenvalue weighted by atomic mass is 35.5. The summed E-state index contributed by atoms with van der Waals surface area (Å²) >= 11 is 7.26. The van der Waals surface area contributed by atoms with Crippen LogP contribution in [-0.2, 0) is 11.2 Å². The molecule has 1 heterocycles. The van der Waals surface area contributed by atoms with E-state index in [0.29, 0.717) is 35.3 Å². The van der Waals surface area contributed by atoms with E-state index in [2.05, 4.69) is 33.8 Å². The summed E-state index contributed by atoms with van der Waals surface area (Å²) in [6, 6.07) is 5.09. The Hall–Kier alpha value is -1.86. The zero-order chi connectivity index (χ0) is 17.5. The number of ether oxygens (including phenoxy) is 1. The lowest BCUT2D eigenvalue weighted by Crippen LogP contribution is -2.16. The summed E-state index contributed by atoms with van der Waals surface area (Å²) in [4.78, 5) is 16.4. The number of carbonyl (C=O) groups excluding carboxylic acids is 1. The maximum atomic E-state index is 12.1. The topological polar surface area (TPSA) is 76.1 Å². The van der Waals surface area contributed by atoms with Crippen LogP contribution < -0.4 is 15.4 Å². The number of hydrogen-bond acceptors (Lipinski definition) is 6. The Balaban J connectivity index is 1.81. The third kappa shape index (κ3) is 5.65.